The molecule has 0 aliphatic carbocycles. The van der Waals surface area contributed by atoms with Crippen LogP contribution in [0.2, 0.25) is 10.0 Å². The predicted octanol–water partition coefficient (Wildman–Crippen LogP) is 5.34. The van der Waals surface area contributed by atoms with Gasteiger partial charge in [-0.2, -0.15) is 5.10 Å². The van der Waals surface area contributed by atoms with Gasteiger partial charge < -0.3 is 0 Å². The molecule has 1 amide bonds. The Bertz CT molecular complexity index is 1310. The van der Waals surface area contributed by atoms with Crippen molar-refractivity contribution in [2.75, 3.05) is 10.6 Å². The third kappa shape index (κ3) is 6.57. The topological polar surface area (TPSA) is 78.8 Å². The SMILES string of the molecule is Cc1ccc(N(Cc2ccc(C(=O)N/N=C\c3ccc(Cl)c(Cl)c3)cc2)S(C)(=O)=O)cc1C. The molecule has 33 heavy (non-hydrogen) atoms. The fourth-order valence-corrected chi connectivity index (χ4v) is 4.22. The summed E-state index contributed by atoms with van der Waals surface area (Å²) in [5.41, 5.74) is 6.97. The first-order valence-electron chi connectivity index (χ1n) is 9.97. The molecule has 9 heteroatoms. The standard InChI is InChI=1S/C24H23Cl2N3O3S/c1-16-4-10-21(12-17(16)2)29(33(3,31)32)15-18-5-8-20(9-6-18)24(30)28-27-14-19-7-11-22(25)23(26)13-19/h4-14H,15H2,1-3H3,(H,28,30)/b27-14-. The van der Waals surface area contributed by atoms with Crippen LogP contribution in [0, 0.1) is 13.8 Å². The Labute approximate surface area is 203 Å². The minimum absolute atomic E-state index is 0.152. The zero-order valence-corrected chi connectivity index (χ0v) is 20.7. The van der Waals surface area contributed by atoms with Gasteiger partial charge in [-0.1, -0.05) is 47.5 Å². The van der Waals surface area contributed by atoms with Crippen molar-refractivity contribution in [2.24, 2.45) is 5.10 Å². The average molecular weight is 504 g/mol. The van der Waals surface area contributed by atoms with E-state index in [1.807, 2.05) is 26.0 Å². The molecule has 172 valence electrons. The number of benzene rings is 3. The molecule has 0 saturated carbocycles. The fraction of sp³-hybridized carbons (Fsp3) is 0.167. The van der Waals surface area contributed by atoms with Crippen molar-refractivity contribution in [3.63, 3.8) is 0 Å². The molecule has 0 unspecified atom stereocenters. The number of sulfonamides is 1. The van der Waals surface area contributed by atoms with Crippen LogP contribution in [0.15, 0.2) is 65.8 Å². The van der Waals surface area contributed by atoms with E-state index in [-0.39, 0.29) is 6.54 Å². The maximum atomic E-state index is 12.4. The van der Waals surface area contributed by atoms with Crippen molar-refractivity contribution < 1.29 is 13.2 Å². The molecule has 0 bridgehead atoms. The summed E-state index contributed by atoms with van der Waals surface area (Å²) in [7, 11) is -3.50. The first-order chi connectivity index (χ1) is 15.5. The van der Waals surface area contributed by atoms with Gasteiger partial charge in [0.25, 0.3) is 5.91 Å². The number of carbonyl (C=O) groups excluding carboxylic acids is 1. The first-order valence-corrected chi connectivity index (χ1v) is 12.6. The van der Waals surface area contributed by atoms with E-state index in [1.165, 1.54) is 16.8 Å². The number of nitrogens with one attached hydrogen (secondary N) is 1. The molecule has 6 nitrogen and oxygen atoms in total. The van der Waals surface area contributed by atoms with Gasteiger partial charge in [-0.25, -0.2) is 13.8 Å². The summed E-state index contributed by atoms with van der Waals surface area (Å²) in [6, 6.07) is 17.2. The summed E-state index contributed by atoms with van der Waals surface area (Å²) in [4.78, 5) is 12.4. The number of hydrazone groups is 1. The minimum atomic E-state index is -3.50. The van der Waals surface area contributed by atoms with Crippen LogP contribution in [0.4, 0.5) is 5.69 Å². The molecule has 0 aromatic heterocycles. The largest absolute Gasteiger partial charge is 0.271 e. The third-order valence-electron chi connectivity index (χ3n) is 5.04. The van der Waals surface area contributed by atoms with Gasteiger partial charge in [-0.3, -0.25) is 9.10 Å². The summed E-state index contributed by atoms with van der Waals surface area (Å²) >= 11 is 11.8. The van der Waals surface area contributed by atoms with Crippen LogP contribution in [0.25, 0.3) is 0 Å². The Morgan fingerprint density at radius 1 is 0.970 bits per heavy atom. The minimum Gasteiger partial charge on any atom is -0.267 e. The summed E-state index contributed by atoms with van der Waals surface area (Å²) in [6.45, 7) is 4.07. The maximum Gasteiger partial charge on any atom is 0.271 e. The molecule has 3 rings (SSSR count). The normalized spacial score (nSPS) is 11.5. The number of rotatable bonds is 7. The summed E-state index contributed by atoms with van der Waals surface area (Å²) < 4.78 is 26.2. The zero-order valence-electron chi connectivity index (χ0n) is 18.3. The summed E-state index contributed by atoms with van der Waals surface area (Å²) in [5, 5.41) is 4.76. The van der Waals surface area contributed by atoms with Crippen LogP contribution in [0.5, 0.6) is 0 Å². The highest BCUT2D eigenvalue weighted by molar-refractivity contribution is 7.92. The molecule has 0 atom stereocenters. The van der Waals surface area contributed by atoms with Gasteiger partial charge in [0.15, 0.2) is 0 Å². The number of anilines is 1. The average Bonchev–Trinajstić information content (AvgIpc) is 2.76. The second kappa shape index (κ2) is 10.4. The number of hydrogen-bond acceptors (Lipinski definition) is 4. The molecule has 3 aromatic rings. The Kier molecular flexibility index (Phi) is 7.79. The van der Waals surface area contributed by atoms with E-state index in [0.29, 0.717) is 26.9 Å². The third-order valence-corrected chi connectivity index (χ3v) is 6.92. The number of aryl methyl sites for hydroxylation is 2. The van der Waals surface area contributed by atoms with E-state index in [2.05, 4.69) is 10.5 Å². The maximum absolute atomic E-state index is 12.4. The van der Waals surface area contributed by atoms with Gasteiger partial charge in [0.1, 0.15) is 0 Å². The molecular weight excluding hydrogens is 481 g/mol. The smallest absolute Gasteiger partial charge is 0.267 e. The molecule has 0 fully saturated rings. The van der Waals surface area contributed by atoms with Crippen molar-refractivity contribution in [1.29, 1.82) is 0 Å². The van der Waals surface area contributed by atoms with Gasteiger partial charge in [-0.15, -0.1) is 0 Å². The molecule has 0 aliphatic heterocycles. The van der Waals surface area contributed by atoms with E-state index in [9.17, 15) is 13.2 Å². The van der Waals surface area contributed by atoms with Crippen molar-refractivity contribution in [3.8, 4) is 0 Å². The number of carbonyl (C=O) groups is 1. The van der Waals surface area contributed by atoms with Crippen LogP contribution >= 0.6 is 23.2 Å². The lowest BCUT2D eigenvalue weighted by molar-refractivity contribution is 0.0955. The van der Waals surface area contributed by atoms with E-state index in [1.54, 1.807) is 48.5 Å². The number of halogens is 2. The van der Waals surface area contributed by atoms with E-state index in [0.717, 1.165) is 16.7 Å². The highest BCUT2D eigenvalue weighted by Crippen LogP contribution is 2.24. The van der Waals surface area contributed by atoms with Gasteiger partial charge >= 0.3 is 0 Å². The lowest BCUT2D eigenvalue weighted by Crippen LogP contribution is -2.29. The van der Waals surface area contributed by atoms with Gasteiger partial charge in [0, 0.05) is 5.56 Å². The lowest BCUT2D eigenvalue weighted by Gasteiger charge is -2.23. The highest BCUT2D eigenvalue weighted by atomic mass is 35.5. The molecule has 0 spiro atoms. The van der Waals surface area contributed by atoms with Crippen molar-refractivity contribution in [1.82, 2.24) is 5.43 Å². The van der Waals surface area contributed by atoms with Crippen molar-refractivity contribution >= 4 is 51.0 Å². The van der Waals surface area contributed by atoms with Crippen molar-refractivity contribution in [2.45, 2.75) is 20.4 Å². The number of nitrogens with zero attached hydrogens (tertiary/aromatic N) is 2. The zero-order chi connectivity index (χ0) is 24.2. The molecule has 3 aromatic carbocycles. The molecule has 1 N–H and O–H groups in total. The Morgan fingerprint density at radius 3 is 2.27 bits per heavy atom. The molecule has 0 saturated heterocycles. The second-order valence-electron chi connectivity index (χ2n) is 7.61. The second-order valence-corrected chi connectivity index (χ2v) is 10.3. The predicted molar refractivity (Wildman–Crippen MR) is 135 cm³/mol. The Balaban J connectivity index is 1.70. The van der Waals surface area contributed by atoms with Crippen LogP contribution in [0.1, 0.15) is 32.6 Å². The first kappa shape index (κ1) is 24.8. The lowest BCUT2D eigenvalue weighted by atomic mass is 10.1. The number of hydrogen-bond donors (Lipinski definition) is 1. The summed E-state index contributed by atoms with van der Waals surface area (Å²) in [5.74, 6) is -0.396. The van der Waals surface area contributed by atoms with Gasteiger partial charge in [0.05, 0.1) is 34.7 Å². The van der Waals surface area contributed by atoms with Crippen molar-refractivity contribution in [3.05, 3.63) is 98.5 Å². The molecule has 0 heterocycles. The van der Waals surface area contributed by atoms with Crippen LogP contribution in [-0.4, -0.2) is 26.8 Å². The molecule has 0 radical (unpaired) electrons. The van der Waals surface area contributed by atoms with E-state index < -0.39 is 15.9 Å². The fourth-order valence-electron chi connectivity index (χ4n) is 3.03. The molecule has 0 aliphatic rings. The van der Waals surface area contributed by atoms with E-state index >= 15 is 0 Å². The highest BCUT2D eigenvalue weighted by Gasteiger charge is 2.18. The van der Waals surface area contributed by atoms with Crippen LogP contribution in [0.3, 0.4) is 0 Å². The van der Waals surface area contributed by atoms with Gasteiger partial charge in [0.2, 0.25) is 10.0 Å². The summed E-state index contributed by atoms with van der Waals surface area (Å²) in [6.07, 6.45) is 2.64. The Morgan fingerprint density at radius 2 is 1.67 bits per heavy atom. The van der Waals surface area contributed by atoms with E-state index in [4.69, 9.17) is 23.2 Å². The number of amides is 1. The van der Waals surface area contributed by atoms with Gasteiger partial charge in [-0.05, 0) is 72.5 Å². The Hall–Kier alpha value is -2.87. The van der Waals surface area contributed by atoms with Crippen LogP contribution in [-0.2, 0) is 16.6 Å². The molecular formula is C24H23Cl2N3O3S. The van der Waals surface area contributed by atoms with Crippen LogP contribution < -0.4 is 9.73 Å². The quantitative estimate of drug-likeness (QED) is 0.349. The monoisotopic (exact) mass is 503 g/mol.